The smallest absolute Gasteiger partial charge is 0.167 e. The summed E-state index contributed by atoms with van der Waals surface area (Å²) in [7, 11) is 0. The van der Waals surface area contributed by atoms with Crippen molar-refractivity contribution in [3.8, 4) is 11.3 Å². The van der Waals surface area contributed by atoms with Crippen molar-refractivity contribution < 1.29 is 9.26 Å². The predicted octanol–water partition coefficient (Wildman–Crippen LogP) is 3.56. The number of benzene rings is 2. The topological polar surface area (TPSA) is 92.0 Å². The van der Waals surface area contributed by atoms with Gasteiger partial charge in [0.2, 0.25) is 0 Å². The number of ether oxygens (including phenoxy) is 1. The fourth-order valence-corrected chi connectivity index (χ4v) is 3.89. The molecule has 1 unspecified atom stereocenters. The number of nitrogens with zero attached hydrogens (tertiary/aromatic N) is 4. The summed E-state index contributed by atoms with van der Waals surface area (Å²) in [6, 6.07) is 16.3. The fourth-order valence-electron chi connectivity index (χ4n) is 3.89. The summed E-state index contributed by atoms with van der Waals surface area (Å²) in [5.74, 6) is 1.13. The highest BCUT2D eigenvalue weighted by atomic mass is 16.5. The number of fused-ring (bicyclic) bond motifs is 1. The minimum absolute atomic E-state index is 0.113. The van der Waals surface area contributed by atoms with Gasteiger partial charge in [-0.15, -0.1) is 5.10 Å². The predicted molar refractivity (Wildman–Crippen MR) is 109 cm³/mol. The quantitative estimate of drug-likeness (QED) is 0.561. The minimum atomic E-state index is -0.113. The van der Waals surface area contributed by atoms with E-state index in [4.69, 9.17) is 15.0 Å². The van der Waals surface area contributed by atoms with Gasteiger partial charge in [-0.1, -0.05) is 46.8 Å². The Labute approximate surface area is 168 Å². The van der Waals surface area contributed by atoms with E-state index in [1.807, 2.05) is 30.5 Å². The summed E-state index contributed by atoms with van der Waals surface area (Å²) in [6.45, 7) is 2.02. The average molecular weight is 389 g/mol. The Balaban J connectivity index is 1.30. The third-order valence-electron chi connectivity index (χ3n) is 5.59. The summed E-state index contributed by atoms with van der Waals surface area (Å²) in [4.78, 5) is 0. The van der Waals surface area contributed by atoms with Crippen molar-refractivity contribution in [1.82, 2.24) is 20.2 Å². The number of hydrogen-bond donors (Lipinski definition) is 1. The molecule has 2 aromatic carbocycles. The highest BCUT2D eigenvalue weighted by molar-refractivity contribution is 5.86. The maximum atomic E-state index is 6.40. The van der Waals surface area contributed by atoms with Crippen LogP contribution < -0.4 is 5.73 Å². The van der Waals surface area contributed by atoms with Crippen LogP contribution in [0.4, 0.5) is 0 Å². The Morgan fingerprint density at radius 2 is 1.90 bits per heavy atom. The molecule has 7 nitrogen and oxygen atoms in total. The van der Waals surface area contributed by atoms with Crippen LogP contribution in [0.3, 0.4) is 0 Å². The van der Waals surface area contributed by atoms with Crippen LogP contribution in [-0.2, 0) is 11.3 Å². The van der Waals surface area contributed by atoms with Crippen molar-refractivity contribution in [1.29, 1.82) is 0 Å². The van der Waals surface area contributed by atoms with E-state index in [2.05, 4.69) is 39.7 Å². The first-order valence-corrected chi connectivity index (χ1v) is 9.94. The van der Waals surface area contributed by atoms with Crippen molar-refractivity contribution in [2.24, 2.45) is 11.7 Å². The van der Waals surface area contributed by atoms with Crippen LogP contribution in [0.25, 0.3) is 22.1 Å². The molecule has 29 heavy (non-hydrogen) atoms. The lowest BCUT2D eigenvalue weighted by molar-refractivity contribution is 0.0579. The molecule has 1 aliphatic rings. The summed E-state index contributed by atoms with van der Waals surface area (Å²) in [5.41, 5.74) is 9.01. The number of hydrogen-bond acceptors (Lipinski definition) is 6. The molecule has 0 bridgehead atoms. The SMILES string of the molecule is NC(c1cn(Cc2cc(-c3ccc4ccccc4c3)on2)nn1)C1CCOCC1. The van der Waals surface area contributed by atoms with Gasteiger partial charge in [-0.25, -0.2) is 4.68 Å². The number of rotatable bonds is 5. The van der Waals surface area contributed by atoms with Gasteiger partial charge < -0.3 is 15.0 Å². The number of aromatic nitrogens is 4. The van der Waals surface area contributed by atoms with E-state index < -0.39 is 0 Å². The lowest BCUT2D eigenvalue weighted by Crippen LogP contribution is -2.27. The Kier molecular flexibility index (Phi) is 4.83. The van der Waals surface area contributed by atoms with Crippen LogP contribution in [0.5, 0.6) is 0 Å². The van der Waals surface area contributed by atoms with Crippen molar-refractivity contribution in [2.75, 3.05) is 13.2 Å². The zero-order valence-corrected chi connectivity index (χ0v) is 16.1. The Morgan fingerprint density at radius 1 is 1.07 bits per heavy atom. The van der Waals surface area contributed by atoms with E-state index in [0.29, 0.717) is 12.5 Å². The highest BCUT2D eigenvalue weighted by Gasteiger charge is 2.24. The van der Waals surface area contributed by atoms with Crippen molar-refractivity contribution in [3.05, 3.63) is 66.1 Å². The molecule has 2 aromatic heterocycles. The second-order valence-electron chi connectivity index (χ2n) is 7.56. The van der Waals surface area contributed by atoms with Crippen molar-refractivity contribution >= 4 is 10.8 Å². The summed E-state index contributed by atoms with van der Waals surface area (Å²) >= 11 is 0. The molecule has 0 saturated carbocycles. The largest absolute Gasteiger partial charge is 0.381 e. The van der Waals surface area contributed by atoms with Crippen LogP contribution in [0.1, 0.15) is 30.3 Å². The first-order valence-electron chi connectivity index (χ1n) is 9.94. The molecule has 148 valence electrons. The summed E-state index contributed by atoms with van der Waals surface area (Å²) < 4.78 is 12.7. The van der Waals surface area contributed by atoms with Gasteiger partial charge in [0.1, 0.15) is 5.69 Å². The summed E-state index contributed by atoms with van der Waals surface area (Å²) in [6.07, 6.45) is 3.84. The lowest BCUT2D eigenvalue weighted by atomic mass is 9.91. The molecule has 0 amide bonds. The van der Waals surface area contributed by atoms with E-state index in [1.165, 1.54) is 10.8 Å². The molecule has 0 spiro atoms. The summed E-state index contributed by atoms with van der Waals surface area (Å²) in [5, 5.41) is 15.1. The van der Waals surface area contributed by atoms with Crippen LogP contribution in [0.2, 0.25) is 0 Å². The lowest BCUT2D eigenvalue weighted by Gasteiger charge is -2.26. The monoisotopic (exact) mass is 389 g/mol. The van der Waals surface area contributed by atoms with Gasteiger partial charge in [0.05, 0.1) is 24.5 Å². The first-order chi connectivity index (χ1) is 14.3. The normalized spacial score (nSPS) is 16.3. The van der Waals surface area contributed by atoms with Gasteiger partial charge in [0.25, 0.3) is 0 Å². The van der Waals surface area contributed by atoms with E-state index in [1.54, 1.807) is 4.68 Å². The average Bonchev–Trinajstić information content (AvgIpc) is 3.44. The molecule has 5 rings (SSSR count). The zero-order valence-electron chi connectivity index (χ0n) is 16.1. The van der Waals surface area contributed by atoms with E-state index in [9.17, 15) is 0 Å². The zero-order chi connectivity index (χ0) is 19.6. The van der Waals surface area contributed by atoms with Crippen LogP contribution in [-0.4, -0.2) is 33.4 Å². The molecule has 0 radical (unpaired) electrons. The van der Waals surface area contributed by atoms with Gasteiger partial charge in [-0.05, 0) is 35.6 Å². The third-order valence-corrected chi connectivity index (χ3v) is 5.59. The van der Waals surface area contributed by atoms with Crippen LogP contribution in [0.15, 0.2) is 59.3 Å². The van der Waals surface area contributed by atoms with Crippen LogP contribution >= 0.6 is 0 Å². The standard InChI is InChI=1S/C22H23N5O2/c23-22(16-7-9-28-10-8-16)20-14-27(26-24-20)13-19-12-21(29-25-19)18-6-5-15-3-1-2-4-17(15)11-18/h1-6,11-12,14,16,22H,7-10,13,23H2. The molecule has 7 heteroatoms. The minimum Gasteiger partial charge on any atom is -0.381 e. The number of nitrogens with two attached hydrogens (primary N) is 1. The molecule has 2 N–H and O–H groups in total. The highest BCUT2D eigenvalue weighted by Crippen LogP contribution is 2.27. The maximum absolute atomic E-state index is 6.40. The first kappa shape index (κ1) is 18.0. The van der Waals surface area contributed by atoms with E-state index >= 15 is 0 Å². The Hall–Kier alpha value is -3.03. The maximum Gasteiger partial charge on any atom is 0.167 e. The molecule has 1 aliphatic heterocycles. The second-order valence-corrected chi connectivity index (χ2v) is 7.56. The molecule has 4 aromatic rings. The Morgan fingerprint density at radius 3 is 2.76 bits per heavy atom. The fraction of sp³-hybridized carbons (Fsp3) is 0.318. The molecule has 1 atom stereocenters. The van der Waals surface area contributed by atoms with Crippen molar-refractivity contribution in [2.45, 2.75) is 25.4 Å². The third kappa shape index (κ3) is 3.79. The van der Waals surface area contributed by atoms with E-state index in [0.717, 1.165) is 48.8 Å². The van der Waals surface area contributed by atoms with Gasteiger partial charge in [-0.2, -0.15) is 0 Å². The molecule has 1 fully saturated rings. The van der Waals surface area contributed by atoms with Gasteiger partial charge in [0.15, 0.2) is 5.76 Å². The second kappa shape index (κ2) is 7.77. The molecular weight excluding hydrogens is 366 g/mol. The molecule has 3 heterocycles. The molecule has 0 aliphatic carbocycles. The van der Waals surface area contributed by atoms with Gasteiger partial charge >= 0.3 is 0 Å². The molecule has 1 saturated heterocycles. The van der Waals surface area contributed by atoms with Crippen molar-refractivity contribution in [3.63, 3.8) is 0 Å². The Bertz CT molecular complexity index is 1110. The van der Waals surface area contributed by atoms with E-state index in [-0.39, 0.29) is 6.04 Å². The van der Waals surface area contributed by atoms with Crippen LogP contribution in [0, 0.1) is 5.92 Å². The van der Waals surface area contributed by atoms with Gasteiger partial charge in [-0.3, -0.25) is 0 Å². The van der Waals surface area contributed by atoms with Gasteiger partial charge in [0, 0.05) is 24.8 Å². The molecular formula is C22H23N5O2.